The molecule has 4 heteroatoms. The number of guanidine groups is 1. The summed E-state index contributed by atoms with van der Waals surface area (Å²) in [6.07, 6.45) is 4.44. The number of aliphatic imine (C=N–C) groups is 1. The van der Waals surface area contributed by atoms with Crippen molar-refractivity contribution in [1.29, 1.82) is 0 Å². The molecular weight excluding hydrogens is 178 g/mol. The average molecular weight is 195 g/mol. The van der Waals surface area contributed by atoms with E-state index in [2.05, 4.69) is 16.5 Å². The molecule has 0 saturated carbocycles. The number of hydrogen-bond donors (Lipinski definition) is 1. The van der Waals surface area contributed by atoms with E-state index >= 15 is 0 Å². The van der Waals surface area contributed by atoms with Crippen LogP contribution in [0.2, 0.25) is 0 Å². The molecule has 2 aliphatic rings. The monoisotopic (exact) mass is 195 g/mol. The molecule has 0 aromatic carbocycles. The number of rotatable bonds is 3. The van der Waals surface area contributed by atoms with Crippen molar-refractivity contribution < 1.29 is 4.74 Å². The fraction of sp³-hybridized carbons (Fsp3) is 0.700. The molecule has 0 amide bonds. The zero-order chi connectivity index (χ0) is 9.97. The lowest BCUT2D eigenvalue weighted by Crippen LogP contribution is -2.46. The lowest BCUT2D eigenvalue weighted by Gasteiger charge is -2.28. The van der Waals surface area contributed by atoms with E-state index in [4.69, 9.17) is 10.5 Å². The Bertz CT molecular complexity index is 246. The fourth-order valence-electron chi connectivity index (χ4n) is 2.14. The lowest BCUT2D eigenvalue weighted by atomic mass is 10.1. The minimum atomic E-state index is 0.305. The molecule has 0 radical (unpaired) electrons. The van der Waals surface area contributed by atoms with Gasteiger partial charge in [-0.15, -0.1) is 6.58 Å². The summed E-state index contributed by atoms with van der Waals surface area (Å²) in [4.78, 5) is 6.34. The van der Waals surface area contributed by atoms with Gasteiger partial charge in [-0.05, 0) is 12.8 Å². The molecule has 0 spiro atoms. The molecule has 2 atom stereocenters. The Morgan fingerprint density at radius 3 is 3.21 bits per heavy atom. The summed E-state index contributed by atoms with van der Waals surface area (Å²) in [7, 11) is 0. The highest BCUT2D eigenvalue weighted by Crippen LogP contribution is 2.22. The van der Waals surface area contributed by atoms with Gasteiger partial charge in [0.05, 0.1) is 18.7 Å². The van der Waals surface area contributed by atoms with Crippen molar-refractivity contribution in [1.82, 2.24) is 4.90 Å². The van der Waals surface area contributed by atoms with Gasteiger partial charge < -0.3 is 15.4 Å². The van der Waals surface area contributed by atoms with Crippen LogP contribution in [0.5, 0.6) is 0 Å². The molecule has 2 rings (SSSR count). The number of hydrogen-bond acceptors (Lipinski definition) is 4. The van der Waals surface area contributed by atoms with Gasteiger partial charge in [0.25, 0.3) is 0 Å². The van der Waals surface area contributed by atoms with Gasteiger partial charge in [0.15, 0.2) is 5.96 Å². The standard InChI is InChI=1S/C10H17N3O/c1-2-5-13-8(7-12-10(13)11)9-4-3-6-14-9/h2,8-9H,1,3-7H2,(H2,11,12). The Labute approximate surface area is 84.4 Å². The van der Waals surface area contributed by atoms with Gasteiger partial charge in [0.1, 0.15) is 0 Å². The molecule has 0 aromatic rings. The van der Waals surface area contributed by atoms with E-state index in [0.717, 1.165) is 32.5 Å². The van der Waals surface area contributed by atoms with Crippen molar-refractivity contribution in [3.8, 4) is 0 Å². The van der Waals surface area contributed by atoms with Crippen molar-refractivity contribution in [3.05, 3.63) is 12.7 Å². The summed E-state index contributed by atoms with van der Waals surface area (Å²) in [5, 5.41) is 0. The molecule has 2 aliphatic heterocycles. The molecule has 1 fully saturated rings. The molecule has 14 heavy (non-hydrogen) atoms. The Balaban J connectivity index is 2.01. The van der Waals surface area contributed by atoms with Gasteiger partial charge in [-0.1, -0.05) is 6.08 Å². The number of nitrogens with zero attached hydrogens (tertiary/aromatic N) is 2. The van der Waals surface area contributed by atoms with Gasteiger partial charge in [-0.3, -0.25) is 4.99 Å². The predicted molar refractivity (Wildman–Crippen MR) is 56.2 cm³/mol. The van der Waals surface area contributed by atoms with E-state index in [-0.39, 0.29) is 0 Å². The Kier molecular flexibility index (Phi) is 2.72. The zero-order valence-corrected chi connectivity index (χ0v) is 8.35. The van der Waals surface area contributed by atoms with Crippen LogP contribution in [-0.2, 0) is 4.74 Å². The third-order valence-electron chi connectivity index (χ3n) is 2.85. The van der Waals surface area contributed by atoms with Gasteiger partial charge in [-0.2, -0.15) is 0 Å². The molecule has 2 heterocycles. The van der Waals surface area contributed by atoms with Crippen LogP contribution in [0.4, 0.5) is 0 Å². The third-order valence-corrected chi connectivity index (χ3v) is 2.85. The Morgan fingerprint density at radius 2 is 2.57 bits per heavy atom. The highest BCUT2D eigenvalue weighted by molar-refractivity contribution is 5.80. The highest BCUT2D eigenvalue weighted by atomic mass is 16.5. The van der Waals surface area contributed by atoms with Crippen LogP contribution in [0.1, 0.15) is 12.8 Å². The normalized spacial score (nSPS) is 32.0. The maximum atomic E-state index is 5.80. The largest absolute Gasteiger partial charge is 0.376 e. The predicted octanol–water partition coefficient (Wildman–Crippen LogP) is 0.350. The number of ether oxygens (including phenoxy) is 1. The second-order valence-corrected chi connectivity index (χ2v) is 3.76. The minimum absolute atomic E-state index is 0.305. The minimum Gasteiger partial charge on any atom is -0.376 e. The molecule has 0 bridgehead atoms. The lowest BCUT2D eigenvalue weighted by molar-refractivity contribution is 0.0601. The fourth-order valence-corrected chi connectivity index (χ4v) is 2.14. The van der Waals surface area contributed by atoms with E-state index in [1.54, 1.807) is 0 Å². The summed E-state index contributed by atoms with van der Waals surface area (Å²) in [6, 6.07) is 0.329. The smallest absolute Gasteiger partial charge is 0.192 e. The molecule has 2 unspecified atom stereocenters. The first kappa shape index (κ1) is 9.52. The van der Waals surface area contributed by atoms with Crippen molar-refractivity contribution >= 4 is 5.96 Å². The van der Waals surface area contributed by atoms with Crippen LogP contribution >= 0.6 is 0 Å². The molecule has 0 aliphatic carbocycles. The van der Waals surface area contributed by atoms with E-state index in [1.165, 1.54) is 0 Å². The van der Waals surface area contributed by atoms with Crippen molar-refractivity contribution in [2.24, 2.45) is 10.7 Å². The summed E-state index contributed by atoms with van der Waals surface area (Å²) < 4.78 is 5.66. The first-order valence-electron chi connectivity index (χ1n) is 5.12. The summed E-state index contributed by atoms with van der Waals surface area (Å²) in [5.74, 6) is 0.630. The van der Waals surface area contributed by atoms with Crippen LogP contribution in [0, 0.1) is 0 Å². The van der Waals surface area contributed by atoms with Crippen LogP contribution in [-0.4, -0.2) is 42.7 Å². The highest BCUT2D eigenvalue weighted by Gasteiger charge is 2.34. The zero-order valence-electron chi connectivity index (χ0n) is 8.35. The average Bonchev–Trinajstić information content (AvgIpc) is 2.77. The van der Waals surface area contributed by atoms with Crippen LogP contribution in [0.15, 0.2) is 17.6 Å². The maximum absolute atomic E-state index is 5.80. The van der Waals surface area contributed by atoms with E-state index in [0.29, 0.717) is 18.1 Å². The maximum Gasteiger partial charge on any atom is 0.192 e. The molecule has 0 aromatic heterocycles. The van der Waals surface area contributed by atoms with Gasteiger partial charge >= 0.3 is 0 Å². The van der Waals surface area contributed by atoms with Gasteiger partial charge in [0.2, 0.25) is 0 Å². The molecule has 2 N–H and O–H groups in total. The van der Waals surface area contributed by atoms with Gasteiger partial charge in [-0.25, -0.2) is 0 Å². The second kappa shape index (κ2) is 4.00. The number of nitrogens with two attached hydrogens (primary N) is 1. The van der Waals surface area contributed by atoms with Crippen LogP contribution in [0.25, 0.3) is 0 Å². The SMILES string of the molecule is C=CCN1C(N)=NCC1C1CCCO1. The first-order valence-corrected chi connectivity index (χ1v) is 5.12. The quantitative estimate of drug-likeness (QED) is 0.661. The summed E-state index contributed by atoms with van der Waals surface area (Å²) in [6.45, 7) is 6.14. The van der Waals surface area contributed by atoms with Crippen molar-refractivity contribution in [2.45, 2.75) is 25.0 Å². The van der Waals surface area contributed by atoms with Gasteiger partial charge in [0, 0.05) is 13.2 Å². The summed E-state index contributed by atoms with van der Waals surface area (Å²) >= 11 is 0. The first-order chi connectivity index (χ1) is 6.83. The van der Waals surface area contributed by atoms with E-state index < -0.39 is 0 Å². The van der Waals surface area contributed by atoms with E-state index in [1.807, 2.05) is 6.08 Å². The van der Waals surface area contributed by atoms with Crippen molar-refractivity contribution in [3.63, 3.8) is 0 Å². The third kappa shape index (κ3) is 1.62. The van der Waals surface area contributed by atoms with Crippen molar-refractivity contribution in [2.75, 3.05) is 19.7 Å². The second-order valence-electron chi connectivity index (χ2n) is 3.76. The molecule has 1 saturated heterocycles. The topological polar surface area (TPSA) is 50.8 Å². The van der Waals surface area contributed by atoms with E-state index in [9.17, 15) is 0 Å². The molecular formula is C10H17N3O. The Morgan fingerprint density at radius 1 is 1.71 bits per heavy atom. The van der Waals surface area contributed by atoms with Crippen LogP contribution in [0.3, 0.4) is 0 Å². The van der Waals surface area contributed by atoms with Crippen LogP contribution < -0.4 is 5.73 Å². The Hall–Kier alpha value is -1.03. The molecule has 78 valence electrons. The summed E-state index contributed by atoms with van der Waals surface area (Å²) in [5.41, 5.74) is 5.80. The molecule has 4 nitrogen and oxygen atoms in total.